The third-order valence-corrected chi connectivity index (χ3v) is 6.16. The van der Waals surface area contributed by atoms with Crippen molar-refractivity contribution in [2.75, 3.05) is 12.4 Å². The number of ether oxygens (including phenoxy) is 1. The number of allylic oxidation sites excluding steroid dienone is 1. The molecule has 1 aliphatic rings. The Hall–Kier alpha value is -4.27. The number of aryl methyl sites for hydroxylation is 1. The molecule has 9 heteroatoms. The zero-order chi connectivity index (χ0) is 25.9. The predicted octanol–water partition coefficient (Wildman–Crippen LogP) is 4.40. The quantitative estimate of drug-likeness (QED) is 0.310. The maximum Gasteiger partial charge on any atom is 0.314 e. The molecule has 36 heavy (non-hydrogen) atoms. The summed E-state index contributed by atoms with van der Waals surface area (Å²) in [7, 11) is 1.75. The fourth-order valence-corrected chi connectivity index (χ4v) is 4.20. The highest BCUT2D eigenvalue weighted by atomic mass is 16.5. The molecule has 0 spiro atoms. The highest BCUT2D eigenvalue weighted by Gasteiger charge is 2.52. The van der Waals surface area contributed by atoms with Crippen LogP contribution in [0.3, 0.4) is 0 Å². The van der Waals surface area contributed by atoms with Crippen LogP contribution in [0.2, 0.25) is 0 Å². The SMILES string of the molecule is CN/C(Nc1cncc(OC(C)C)n1)=C(\C=N)c1ccc(-c2ccc(C3(C(=O)O)CC3)c(C)c2)cn1. The highest BCUT2D eigenvalue weighted by molar-refractivity contribution is 6.09. The Bertz CT molecular complexity index is 1310. The molecule has 4 N–H and O–H groups in total. The second kappa shape index (κ2) is 10.2. The number of nitrogens with zero attached hydrogens (tertiary/aromatic N) is 3. The number of carbonyl (C=O) groups is 1. The largest absolute Gasteiger partial charge is 0.481 e. The smallest absolute Gasteiger partial charge is 0.314 e. The maximum atomic E-state index is 11.7. The molecule has 186 valence electrons. The fraction of sp³-hybridized carbons (Fsp3) is 0.296. The number of carboxylic acids is 1. The first-order valence-electron chi connectivity index (χ1n) is 11.8. The van der Waals surface area contributed by atoms with Gasteiger partial charge in [0.05, 0.1) is 35.2 Å². The minimum atomic E-state index is -0.755. The zero-order valence-electron chi connectivity index (χ0n) is 20.8. The van der Waals surface area contributed by atoms with E-state index in [1.54, 1.807) is 25.6 Å². The van der Waals surface area contributed by atoms with Gasteiger partial charge >= 0.3 is 5.97 Å². The Morgan fingerprint density at radius 2 is 1.92 bits per heavy atom. The molecule has 1 aliphatic carbocycles. The van der Waals surface area contributed by atoms with Crippen molar-refractivity contribution in [3.8, 4) is 17.0 Å². The molecule has 0 atom stereocenters. The number of nitrogens with one attached hydrogen (secondary N) is 3. The molecule has 1 saturated carbocycles. The van der Waals surface area contributed by atoms with Gasteiger partial charge in [-0.05, 0) is 56.4 Å². The van der Waals surface area contributed by atoms with Crippen molar-refractivity contribution in [3.05, 3.63) is 71.6 Å². The number of aliphatic carboxylic acids is 1. The number of carboxylic acid groups (broad SMARTS) is 1. The average Bonchev–Trinajstić information content (AvgIpc) is 3.66. The van der Waals surface area contributed by atoms with E-state index in [9.17, 15) is 9.90 Å². The topological polar surface area (TPSA) is 133 Å². The van der Waals surface area contributed by atoms with Gasteiger partial charge in [-0.3, -0.25) is 14.8 Å². The van der Waals surface area contributed by atoms with E-state index < -0.39 is 11.4 Å². The lowest BCUT2D eigenvalue weighted by atomic mass is 9.90. The van der Waals surface area contributed by atoms with Crippen LogP contribution in [0.1, 0.15) is 43.5 Å². The predicted molar refractivity (Wildman–Crippen MR) is 139 cm³/mol. The van der Waals surface area contributed by atoms with Gasteiger partial charge in [0, 0.05) is 25.0 Å². The van der Waals surface area contributed by atoms with Crippen LogP contribution in [0.25, 0.3) is 16.7 Å². The lowest BCUT2D eigenvalue weighted by molar-refractivity contribution is -0.140. The van der Waals surface area contributed by atoms with Gasteiger partial charge in [0.15, 0.2) is 5.82 Å². The molecule has 0 saturated heterocycles. The summed E-state index contributed by atoms with van der Waals surface area (Å²) in [6, 6.07) is 9.66. The van der Waals surface area contributed by atoms with Crippen LogP contribution in [0, 0.1) is 12.3 Å². The summed E-state index contributed by atoms with van der Waals surface area (Å²) in [4.78, 5) is 24.9. The van der Waals surface area contributed by atoms with Crippen molar-refractivity contribution in [2.45, 2.75) is 45.1 Å². The van der Waals surface area contributed by atoms with Crippen molar-refractivity contribution in [3.63, 3.8) is 0 Å². The van der Waals surface area contributed by atoms with Gasteiger partial charge in [0.25, 0.3) is 0 Å². The van der Waals surface area contributed by atoms with Crippen LogP contribution in [0.4, 0.5) is 5.82 Å². The Labute approximate surface area is 210 Å². The molecule has 1 aromatic carbocycles. The van der Waals surface area contributed by atoms with Gasteiger partial charge in [-0.2, -0.15) is 4.98 Å². The third kappa shape index (κ3) is 5.05. The Morgan fingerprint density at radius 1 is 1.17 bits per heavy atom. The second-order valence-electron chi connectivity index (χ2n) is 9.07. The minimum absolute atomic E-state index is 0.0271. The van der Waals surface area contributed by atoms with E-state index in [1.165, 1.54) is 6.21 Å². The summed E-state index contributed by atoms with van der Waals surface area (Å²) < 4.78 is 5.61. The van der Waals surface area contributed by atoms with Gasteiger partial charge in [0.2, 0.25) is 5.88 Å². The molecule has 2 heterocycles. The van der Waals surface area contributed by atoms with E-state index in [0.29, 0.717) is 41.6 Å². The number of pyridine rings is 1. The summed E-state index contributed by atoms with van der Waals surface area (Å²) >= 11 is 0. The molecule has 3 aromatic rings. The third-order valence-electron chi connectivity index (χ3n) is 6.16. The van der Waals surface area contributed by atoms with Crippen molar-refractivity contribution in [1.29, 1.82) is 5.41 Å². The van der Waals surface area contributed by atoms with Gasteiger partial charge in [-0.15, -0.1) is 0 Å². The van der Waals surface area contributed by atoms with Gasteiger partial charge in [-0.25, -0.2) is 0 Å². The van der Waals surface area contributed by atoms with Crippen molar-refractivity contribution in [2.24, 2.45) is 0 Å². The Balaban J connectivity index is 1.58. The van der Waals surface area contributed by atoms with E-state index in [4.69, 9.17) is 10.1 Å². The molecule has 0 amide bonds. The van der Waals surface area contributed by atoms with Crippen LogP contribution in [0.15, 0.2) is 54.7 Å². The molecule has 0 radical (unpaired) electrons. The van der Waals surface area contributed by atoms with Crippen molar-refractivity contribution in [1.82, 2.24) is 20.3 Å². The normalized spacial score (nSPS) is 14.6. The number of rotatable bonds is 10. The first-order valence-corrected chi connectivity index (χ1v) is 11.8. The molecule has 0 unspecified atom stereocenters. The van der Waals surface area contributed by atoms with E-state index in [2.05, 4.69) is 25.6 Å². The summed E-state index contributed by atoms with van der Waals surface area (Å²) in [5.41, 5.74) is 4.13. The first kappa shape index (κ1) is 24.8. The van der Waals surface area contributed by atoms with Gasteiger partial charge < -0.3 is 25.9 Å². The second-order valence-corrected chi connectivity index (χ2v) is 9.07. The molecule has 0 bridgehead atoms. The van der Waals surface area contributed by atoms with Gasteiger partial charge in [-0.1, -0.05) is 24.3 Å². The number of hydrogen-bond donors (Lipinski definition) is 4. The molecule has 0 aliphatic heterocycles. The number of anilines is 1. The lowest BCUT2D eigenvalue weighted by Crippen LogP contribution is -2.20. The van der Waals surface area contributed by atoms with Crippen molar-refractivity contribution >= 4 is 23.6 Å². The monoisotopic (exact) mass is 486 g/mol. The van der Waals surface area contributed by atoms with Crippen LogP contribution in [-0.4, -0.2) is 45.4 Å². The summed E-state index contributed by atoms with van der Waals surface area (Å²) in [6.07, 6.45) is 7.43. The maximum absolute atomic E-state index is 11.7. The van der Waals surface area contributed by atoms with E-state index >= 15 is 0 Å². The van der Waals surface area contributed by atoms with Crippen LogP contribution in [0.5, 0.6) is 5.88 Å². The lowest BCUT2D eigenvalue weighted by Gasteiger charge is -2.16. The van der Waals surface area contributed by atoms with Crippen molar-refractivity contribution < 1.29 is 14.6 Å². The standard InChI is InChI=1S/C27H30N6O3/c1-16(2)36-24-15-30-14-23(32-24)33-25(29-4)20(12-28)22-8-6-19(13-31-22)18-5-7-21(17(3)11-18)27(9-10-27)26(34)35/h5-8,11-16,28-29H,9-10H2,1-4H3,(H,32,33)(H,34,35)/b25-20-,28-12?. The molecule has 1 fully saturated rings. The summed E-state index contributed by atoms with van der Waals surface area (Å²) in [6.45, 7) is 5.78. The number of aromatic nitrogens is 3. The minimum Gasteiger partial charge on any atom is -0.481 e. The zero-order valence-corrected chi connectivity index (χ0v) is 20.8. The van der Waals surface area contributed by atoms with Crippen LogP contribution in [-0.2, 0) is 10.2 Å². The van der Waals surface area contributed by atoms with E-state index in [1.807, 2.05) is 51.1 Å². The van der Waals surface area contributed by atoms with Crippen LogP contribution >= 0.6 is 0 Å². The summed E-state index contributed by atoms with van der Waals surface area (Å²) in [5, 5.41) is 23.8. The van der Waals surface area contributed by atoms with Crippen LogP contribution < -0.4 is 15.4 Å². The summed E-state index contributed by atoms with van der Waals surface area (Å²) in [5.74, 6) is 0.666. The Kier molecular flexibility index (Phi) is 7.00. The number of benzene rings is 1. The average molecular weight is 487 g/mol. The molecule has 2 aromatic heterocycles. The number of hydrogen-bond acceptors (Lipinski definition) is 8. The van der Waals surface area contributed by atoms with Gasteiger partial charge in [0.1, 0.15) is 5.82 Å². The Morgan fingerprint density at radius 3 is 2.47 bits per heavy atom. The van der Waals surface area contributed by atoms with E-state index in [-0.39, 0.29) is 6.10 Å². The molecule has 9 nitrogen and oxygen atoms in total. The molecule has 4 rings (SSSR count). The molecular weight excluding hydrogens is 456 g/mol. The van der Waals surface area contributed by atoms with E-state index in [0.717, 1.165) is 22.3 Å². The fourth-order valence-electron chi connectivity index (χ4n) is 4.20. The molecular formula is C27H30N6O3. The first-order chi connectivity index (χ1) is 17.3. The highest BCUT2D eigenvalue weighted by Crippen LogP contribution is 2.49.